The average Bonchev–Trinajstić information content (AvgIpc) is 3.42. The summed E-state index contributed by atoms with van der Waals surface area (Å²) < 4.78 is 5.37. The molecule has 1 aromatic heterocycles. The molecule has 17 heteroatoms. The van der Waals surface area contributed by atoms with Crippen LogP contribution in [-0.2, 0) is 39.9 Å². The van der Waals surface area contributed by atoms with Crippen molar-refractivity contribution in [3.63, 3.8) is 0 Å². The molecule has 0 saturated heterocycles. The van der Waals surface area contributed by atoms with E-state index in [1.807, 2.05) is 38.1 Å². The Balaban J connectivity index is 2.22. The molecule has 0 radical (unpaired) electrons. The van der Waals surface area contributed by atoms with E-state index in [0.717, 1.165) is 16.5 Å². The topological polar surface area (TPSA) is 250 Å². The lowest BCUT2D eigenvalue weighted by molar-refractivity contribution is -0.156. The number of nitrogens with one attached hydrogen (secondary N) is 5. The van der Waals surface area contributed by atoms with E-state index in [9.17, 15) is 28.8 Å². The zero-order chi connectivity index (χ0) is 37.8. The summed E-state index contributed by atoms with van der Waals surface area (Å²) in [6.07, 6.45) is 1.49. The van der Waals surface area contributed by atoms with E-state index in [4.69, 9.17) is 16.0 Å². The molecule has 0 aliphatic heterocycles. The molecule has 2 rings (SSSR count). The smallest absolute Gasteiger partial charge is 0.308 e. The summed E-state index contributed by atoms with van der Waals surface area (Å²) in [7, 11) is 0. The molecule has 0 unspecified atom stereocenters. The first-order chi connectivity index (χ1) is 23.4. The molecule has 7 N–H and O–H groups in total. The highest BCUT2D eigenvalue weighted by molar-refractivity contribution is 7.80. The van der Waals surface area contributed by atoms with Gasteiger partial charge in [0.05, 0.1) is 18.5 Å². The number of aromatic nitrogens is 1. The first-order valence-corrected chi connectivity index (χ1v) is 16.9. The summed E-state index contributed by atoms with van der Waals surface area (Å²) in [6, 6.07) is 1.33. The van der Waals surface area contributed by atoms with Gasteiger partial charge in [0.2, 0.25) is 29.5 Å². The van der Waals surface area contributed by atoms with Gasteiger partial charge in [0, 0.05) is 27.8 Å². The monoisotopic (exact) mass is 715 g/mol. The van der Waals surface area contributed by atoms with Crippen molar-refractivity contribution in [3.05, 3.63) is 46.5 Å². The van der Waals surface area contributed by atoms with Crippen molar-refractivity contribution in [2.45, 2.75) is 104 Å². The molecule has 0 fully saturated rings. The van der Waals surface area contributed by atoms with Crippen molar-refractivity contribution in [2.75, 3.05) is 5.75 Å². The van der Waals surface area contributed by atoms with Crippen molar-refractivity contribution in [2.24, 2.45) is 22.7 Å². The lowest BCUT2D eigenvalue weighted by Crippen LogP contribution is -2.60. The van der Waals surface area contributed by atoms with E-state index < -0.39 is 83.7 Å². The second-order valence-corrected chi connectivity index (χ2v) is 14.1. The van der Waals surface area contributed by atoms with E-state index in [2.05, 4.69) is 48.9 Å². The van der Waals surface area contributed by atoms with Crippen LogP contribution in [-0.4, -0.2) is 82.1 Å². The third-order valence-electron chi connectivity index (χ3n) is 7.40. The molecule has 2 aromatic rings. The minimum Gasteiger partial charge on any atom is -0.460 e. The van der Waals surface area contributed by atoms with Gasteiger partial charge in [-0.3, -0.25) is 28.8 Å². The van der Waals surface area contributed by atoms with Crippen LogP contribution < -0.4 is 27.0 Å². The molecule has 16 nitrogen and oxygen atoms in total. The molecule has 0 aliphatic rings. The fourth-order valence-electron chi connectivity index (χ4n) is 4.99. The number of hydrogen-bond acceptors (Lipinski definition) is 9. The van der Waals surface area contributed by atoms with E-state index in [-0.39, 0.29) is 24.5 Å². The molecular formula is C33H49N9O7S. The Morgan fingerprint density at radius 2 is 1.52 bits per heavy atom. The zero-order valence-corrected chi connectivity index (χ0v) is 30.4. The van der Waals surface area contributed by atoms with Crippen LogP contribution in [0.3, 0.4) is 0 Å². The van der Waals surface area contributed by atoms with Gasteiger partial charge >= 0.3 is 5.97 Å². The number of benzene rings is 1. The minimum absolute atomic E-state index is 0.0359. The first-order valence-electron chi connectivity index (χ1n) is 16.3. The second-order valence-electron chi connectivity index (χ2n) is 13.7. The van der Waals surface area contributed by atoms with E-state index in [0.29, 0.717) is 0 Å². The predicted molar refractivity (Wildman–Crippen MR) is 190 cm³/mol. The van der Waals surface area contributed by atoms with Crippen LogP contribution in [0, 0.1) is 11.8 Å². The number of esters is 1. The number of azide groups is 1. The summed E-state index contributed by atoms with van der Waals surface area (Å²) in [4.78, 5) is 84.1. The molecule has 5 amide bonds. The maximum Gasteiger partial charge on any atom is 0.308 e. The van der Waals surface area contributed by atoms with Gasteiger partial charge in [-0.1, -0.05) is 45.9 Å². The molecule has 5 atom stereocenters. The summed E-state index contributed by atoms with van der Waals surface area (Å²) in [5.74, 6) is -5.47. The summed E-state index contributed by atoms with van der Waals surface area (Å²) in [6.45, 7) is 11.9. The molecule has 1 heterocycles. The van der Waals surface area contributed by atoms with Crippen molar-refractivity contribution in [1.29, 1.82) is 0 Å². The second kappa shape index (κ2) is 19.0. The van der Waals surface area contributed by atoms with E-state index in [1.54, 1.807) is 40.8 Å². The number of fused-ring (bicyclic) bond motifs is 1. The van der Waals surface area contributed by atoms with Crippen LogP contribution in [0.4, 0.5) is 0 Å². The number of thiol groups is 1. The largest absolute Gasteiger partial charge is 0.460 e. The quantitative estimate of drug-likeness (QED) is 0.0419. The number of nitrogens with two attached hydrogens (primary N) is 1. The average molecular weight is 716 g/mol. The Morgan fingerprint density at radius 1 is 0.920 bits per heavy atom. The first kappa shape index (κ1) is 41.6. The molecular weight excluding hydrogens is 666 g/mol. The van der Waals surface area contributed by atoms with Gasteiger partial charge in [-0.2, -0.15) is 12.6 Å². The standard InChI is InChI=1S/C33H49N9O7S/c1-17(2)12-23(31(47)41-42-35)38-32(48)27(18(3)4)40-30(46)25(16-50)39-29(45)24(14-26(43)49-33(5,6)7)37-28(44)21(34)13-19-15-36-22-11-9-8-10-20(19)22/h8-11,15,17-18,21,23-25,27,36,50H,12-14,16,34H2,1-7H3,(H,37,44)(H,38,48)(H,39,45)(H,40,46)/t21-,23+,24-,25+,27-/m1/s1. The Labute approximate surface area is 296 Å². The normalized spacial score (nSPS) is 14.5. The number of carbonyl (C=O) groups excluding carboxylic acids is 6. The summed E-state index contributed by atoms with van der Waals surface area (Å²) >= 11 is 4.21. The van der Waals surface area contributed by atoms with Crippen LogP contribution >= 0.6 is 12.6 Å². The van der Waals surface area contributed by atoms with Crippen LogP contribution in [0.5, 0.6) is 0 Å². The lowest BCUT2D eigenvalue weighted by Gasteiger charge is -2.28. The number of para-hydroxylation sites is 1. The highest BCUT2D eigenvalue weighted by Crippen LogP contribution is 2.19. The zero-order valence-electron chi connectivity index (χ0n) is 29.5. The van der Waals surface area contributed by atoms with Gasteiger partial charge in [-0.05, 0) is 67.7 Å². The van der Waals surface area contributed by atoms with Crippen molar-refractivity contribution >= 4 is 59.0 Å². The van der Waals surface area contributed by atoms with Gasteiger partial charge in [0.25, 0.3) is 0 Å². The molecule has 274 valence electrons. The molecule has 0 spiro atoms. The summed E-state index contributed by atoms with van der Waals surface area (Å²) in [5, 5.41) is 14.1. The Kier molecular flexibility index (Phi) is 15.8. The minimum atomic E-state index is -1.48. The predicted octanol–water partition coefficient (Wildman–Crippen LogP) is 2.18. The number of H-pyrrole nitrogens is 1. The summed E-state index contributed by atoms with van der Waals surface area (Å²) in [5.41, 5.74) is 15.7. The van der Waals surface area contributed by atoms with Crippen molar-refractivity contribution < 1.29 is 33.5 Å². The van der Waals surface area contributed by atoms with Gasteiger partial charge < -0.3 is 36.7 Å². The fraction of sp³-hybridized carbons (Fsp3) is 0.576. The number of nitrogens with zero attached hydrogens (tertiary/aromatic N) is 3. The molecule has 0 saturated carbocycles. The number of amides is 5. The maximum absolute atomic E-state index is 13.6. The third-order valence-corrected chi connectivity index (χ3v) is 7.77. The Hall–Kier alpha value is -4.60. The fourth-order valence-corrected chi connectivity index (χ4v) is 5.25. The number of rotatable bonds is 17. The van der Waals surface area contributed by atoms with Crippen molar-refractivity contribution in [1.82, 2.24) is 26.3 Å². The maximum atomic E-state index is 13.6. The van der Waals surface area contributed by atoms with Gasteiger partial charge in [-0.15, -0.1) is 0 Å². The number of carbonyl (C=O) groups is 6. The van der Waals surface area contributed by atoms with Gasteiger partial charge in [0.1, 0.15) is 23.7 Å². The van der Waals surface area contributed by atoms with Crippen LogP contribution in [0.1, 0.15) is 66.9 Å². The molecule has 1 aromatic carbocycles. The molecule has 0 aliphatic carbocycles. The molecule has 0 bridgehead atoms. The number of hydrogen-bond donors (Lipinski definition) is 7. The van der Waals surface area contributed by atoms with Crippen LogP contribution in [0.25, 0.3) is 21.3 Å². The Morgan fingerprint density at radius 3 is 2.10 bits per heavy atom. The molecule has 50 heavy (non-hydrogen) atoms. The Bertz CT molecular complexity index is 1580. The van der Waals surface area contributed by atoms with Gasteiger partial charge in [-0.25, -0.2) is 0 Å². The number of ether oxygens (including phenoxy) is 1. The highest BCUT2D eigenvalue weighted by Gasteiger charge is 2.34. The van der Waals surface area contributed by atoms with E-state index >= 15 is 0 Å². The number of aromatic amines is 1. The highest BCUT2D eigenvalue weighted by atomic mass is 32.1. The SMILES string of the molecule is CC(C)C[C@H](NC(=O)[C@H](NC(=O)[C@H](CS)NC(=O)[C@@H](CC(=O)OC(C)(C)C)NC(=O)[C@H](N)Cc1c[nH]c2ccccc12)C(C)C)C(=O)N=[N+]=[N-]. The van der Waals surface area contributed by atoms with Gasteiger partial charge in [0.15, 0.2) is 0 Å². The lowest BCUT2D eigenvalue weighted by atomic mass is 9.99. The van der Waals surface area contributed by atoms with Crippen LogP contribution in [0.15, 0.2) is 35.6 Å². The third kappa shape index (κ3) is 13.0. The van der Waals surface area contributed by atoms with E-state index in [1.165, 1.54) is 0 Å². The van der Waals surface area contributed by atoms with Crippen LogP contribution in [0.2, 0.25) is 0 Å². The van der Waals surface area contributed by atoms with Crippen molar-refractivity contribution in [3.8, 4) is 0 Å².